The molecule has 5 heteroatoms. The van der Waals surface area contributed by atoms with Crippen LogP contribution in [0.1, 0.15) is 5.56 Å². The van der Waals surface area contributed by atoms with Crippen LogP contribution in [0.25, 0.3) is 0 Å². The smallest absolute Gasteiger partial charge is 0.186 e. The van der Waals surface area contributed by atoms with Gasteiger partial charge in [0.15, 0.2) is 5.96 Å². The predicted molar refractivity (Wildman–Crippen MR) is 80.2 cm³/mol. The number of para-hydroxylation sites is 1. The van der Waals surface area contributed by atoms with E-state index in [4.69, 9.17) is 16.2 Å². The van der Waals surface area contributed by atoms with Gasteiger partial charge in [-0.05, 0) is 24.3 Å². The predicted octanol–water partition coefficient (Wildman–Crippen LogP) is 3.01. The minimum absolute atomic E-state index is 0.0635. The molecule has 0 aromatic heterocycles. The third-order valence-corrected chi connectivity index (χ3v) is 2.93. The average Bonchev–Trinajstić information content (AvgIpc) is 2.39. The molecule has 0 aliphatic heterocycles. The summed E-state index contributed by atoms with van der Waals surface area (Å²) in [5, 5.41) is 0. The lowest BCUT2D eigenvalue weighted by Gasteiger charge is -2.10. The third-order valence-electron chi connectivity index (χ3n) is 2.43. The number of nitrogens with two attached hydrogens (primary N) is 2. The van der Waals surface area contributed by atoms with Crippen LogP contribution in [0.15, 0.2) is 58.0 Å². The van der Waals surface area contributed by atoms with E-state index < -0.39 is 0 Å². The molecule has 0 atom stereocenters. The van der Waals surface area contributed by atoms with E-state index in [-0.39, 0.29) is 5.96 Å². The first kappa shape index (κ1) is 13.4. The van der Waals surface area contributed by atoms with E-state index in [2.05, 4.69) is 20.9 Å². The van der Waals surface area contributed by atoms with Crippen molar-refractivity contribution in [1.82, 2.24) is 0 Å². The van der Waals surface area contributed by atoms with Crippen LogP contribution in [0.4, 0.5) is 0 Å². The monoisotopic (exact) mass is 319 g/mol. The zero-order valence-corrected chi connectivity index (χ0v) is 11.8. The Bertz CT molecular complexity index is 580. The van der Waals surface area contributed by atoms with Crippen LogP contribution in [-0.2, 0) is 6.54 Å². The zero-order chi connectivity index (χ0) is 13.7. The molecule has 0 bridgehead atoms. The van der Waals surface area contributed by atoms with E-state index in [1.54, 1.807) is 0 Å². The molecule has 0 spiro atoms. The first-order chi connectivity index (χ1) is 9.15. The van der Waals surface area contributed by atoms with Crippen molar-refractivity contribution in [3.05, 3.63) is 58.6 Å². The van der Waals surface area contributed by atoms with Gasteiger partial charge in [-0.25, -0.2) is 4.99 Å². The van der Waals surface area contributed by atoms with Crippen LogP contribution in [0.2, 0.25) is 0 Å². The molecule has 19 heavy (non-hydrogen) atoms. The lowest BCUT2D eigenvalue weighted by Crippen LogP contribution is -2.22. The van der Waals surface area contributed by atoms with Crippen LogP contribution in [-0.4, -0.2) is 5.96 Å². The molecule has 2 rings (SSSR count). The molecule has 0 amide bonds. The van der Waals surface area contributed by atoms with Crippen LogP contribution in [0.3, 0.4) is 0 Å². The van der Waals surface area contributed by atoms with Gasteiger partial charge in [-0.2, -0.15) is 0 Å². The molecule has 0 heterocycles. The maximum absolute atomic E-state index is 5.84. The number of nitrogens with zero attached hydrogens (tertiary/aromatic N) is 1. The van der Waals surface area contributed by atoms with Crippen molar-refractivity contribution in [2.75, 3.05) is 0 Å². The summed E-state index contributed by atoms with van der Waals surface area (Å²) in [5.41, 5.74) is 11.6. The molecular formula is C14H14BrN3O. The van der Waals surface area contributed by atoms with Crippen LogP contribution >= 0.6 is 15.9 Å². The maximum Gasteiger partial charge on any atom is 0.186 e. The minimum atomic E-state index is 0.0635. The number of benzene rings is 2. The number of rotatable bonds is 4. The summed E-state index contributed by atoms with van der Waals surface area (Å²) in [6.45, 7) is 0.387. The molecular weight excluding hydrogens is 306 g/mol. The minimum Gasteiger partial charge on any atom is -0.457 e. The average molecular weight is 320 g/mol. The fraction of sp³-hybridized carbons (Fsp3) is 0.0714. The Labute approximate surface area is 120 Å². The van der Waals surface area contributed by atoms with Crippen LogP contribution in [0.5, 0.6) is 11.5 Å². The van der Waals surface area contributed by atoms with Gasteiger partial charge >= 0.3 is 0 Å². The Morgan fingerprint density at radius 3 is 2.53 bits per heavy atom. The van der Waals surface area contributed by atoms with Crippen LogP contribution < -0.4 is 16.2 Å². The summed E-state index contributed by atoms with van der Waals surface area (Å²) < 4.78 is 6.78. The Kier molecular flexibility index (Phi) is 4.41. The fourth-order valence-corrected chi connectivity index (χ4v) is 1.89. The van der Waals surface area contributed by atoms with Crippen molar-refractivity contribution >= 4 is 21.9 Å². The molecule has 2 aromatic carbocycles. The number of halogens is 1. The fourth-order valence-electron chi connectivity index (χ4n) is 1.55. The highest BCUT2D eigenvalue weighted by Gasteiger charge is 2.05. The van der Waals surface area contributed by atoms with E-state index in [1.807, 2.05) is 48.5 Å². The summed E-state index contributed by atoms with van der Waals surface area (Å²) in [6.07, 6.45) is 0. The summed E-state index contributed by atoms with van der Waals surface area (Å²) >= 11 is 3.42. The lowest BCUT2D eigenvalue weighted by atomic mass is 10.2. The Morgan fingerprint density at radius 1 is 1.11 bits per heavy atom. The summed E-state index contributed by atoms with van der Waals surface area (Å²) in [5.74, 6) is 1.56. The van der Waals surface area contributed by atoms with E-state index in [0.717, 1.165) is 21.5 Å². The first-order valence-corrected chi connectivity index (χ1v) is 6.51. The Hall–Kier alpha value is -2.01. The number of hydrogen-bond acceptors (Lipinski definition) is 2. The molecule has 0 unspecified atom stereocenters. The Balaban J connectivity index is 2.27. The molecule has 0 aliphatic carbocycles. The van der Waals surface area contributed by atoms with Gasteiger partial charge in [0.25, 0.3) is 0 Å². The van der Waals surface area contributed by atoms with Crippen molar-refractivity contribution in [3.63, 3.8) is 0 Å². The van der Waals surface area contributed by atoms with Crippen molar-refractivity contribution in [3.8, 4) is 11.5 Å². The molecule has 98 valence electrons. The molecule has 0 saturated heterocycles. The van der Waals surface area contributed by atoms with Gasteiger partial charge < -0.3 is 16.2 Å². The second-order valence-electron chi connectivity index (χ2n) is 3.91. The van der Waals surface area contributed by atoms with Gasteiger partial charge in [0.2, 0.25) is 0 Å². The number of ether oxygens (including phenoxy) is 1. The van der Waals surface area contributed by atoms with Gasteiger partial charge in [-0.15, -0.1) is 0 Å². The normalized spacial score (nSPS) is 9.95. The van der Waals surface area contributed by atoms with Gasteiger partial charge in [-0.1, -0.05) is 40.2 Å². The molecule has 0 aliphatic rings. The highest BCUT2D eigenvalue weighted by molar-refractivity contribution is 9.10. The maximum atomic E-state index is 5.84. The van der Waals surface area contributed by atoms with Crippen LogP contribution in [0, 0.1) is 0 Å². The molecule has 4 nitrogen and oxygen atoms in total. The molecule has 2 aromatic rings. The zero-order valence-electron chi connectivity index (χ0n) is 10.2. The van der Waals surface area contributed by atoms with E-state index in [1.165, 1.54) is 0 Å². The highest BCUT2D eigenvalue weighted by Crippen LogP contribution is 2.29. The van der Waals surface area contributed by atoms with Crippen molar-refractivity contribution < 1.29 is 4.74 Å². The number of aliphatic imine (C=N–C) groups is 1. The Morgan fingerprint density at radius 2 is 1.84 bits per heavy atom. The molecule has 0 fully saturated rings. The standard InChI is InChI=1S/C14H14BrN3O/c15-11-7-6-10(9-18-14(16)17)13(8-11)19-12-4-2-1-3-5-12/h1-8H,9H2,(H4,16,17,18). The topological polar surface area (TPSA) is 73.6 Å². The summed E-state index contributed by atoms with van der Waals surface area (Å²) in [7, 11) is 0. The van der Waals surface area contributed by atoms with Gasteiger partial charge in [0, 0.05) is 10.0 Å². The second-order valence-corrected chi connectivity index (χ2v) is 4.82. The summed E-state index contributed by atoms with van der Waals surface area (Å²) in [4.78, 5) is 4.00. The molecule has 0 saturated carbocycles. The second kappa shape index (κ2) is 6.24. The van der Waals surface area contributed by atoms with Gasteiger partial charge in [0.1, 0.15) is 11.5 Å². The first-order valence-electron chi connectivity index (χ1n) is 5.72. The quantitative estimate of drug-likeness (QED) is 0.672. The third kappa shape index (κ3) is 3.99. The molecule has 0 radical (unpaired) electrons. The molecule has 4 N–H and O–H groups in total. The SMILES string of the molecule is NC(N)=NCc1ccc(Br)cc1Oc1ccccc1. The highest BCUT2D eigenvalue weighted by atomic mass is 79.9. The van der Waals surface area contributed by atoms with Gasteiger partial charge in [0.05, 0.1) is 6.54 Å². The summed E-state index contributed by atoms with van der Waals surface area (Å²) in [6, 6.07) is 15.3. The van der Waals surface area contributed by atoms with E-state index in [9.17, 15) is 0 Å². The van der Waals surface area contributed by atoms with E-state index >= 15 is 0 Å². The van der Waals surface area contributed by atoms with Crippen molar-refractivity contribution in [2.24, 2.45) is 16.5 Å². The lowest BCUT2D eigenvalue weighted by molar-refractivity contribution is 0.476. The largest absolute Gasteiger partial charge is 0.457 e. The van der Waals surface area contributed by atoms with Crippen molar-refractivity contribution in [1.29, 1.82) is 0 Å². The number of hydrogen-bond donors (Lipinski definition) is 2. The van der Waals surface area contributed by atoms with E-state index in [0.29, 0.717) is 6.54 Å². The van der Waals surface area contributed by atoms with Crippen molar-refractivity contribution in [2.45, 2.75) is 6.54 Å². The van der Waals surface area contributed by atoms with Gasteiger partial charge in [-0.3, -0.25) is 0 Å². The number of guanidine groups is 1.